The van der Waals surface area contributed by atoms with Crippen LogP contribution in [0.15, 0.2) is 72.8 Å². The Morgan fingerprint density at radius 1 is 0.962 bits per heavy atom. The number of carbonyl (C=O) groups is 1. The predicted molar refractivity (Wildman–Crippen MR) is 105 cm³/mol. The summed E-state index contributed by atoms with van der Waals surface area (Å²) in [6.45, 7) is 2.08. The van der Waals surface area contributed by atoms with E-state index >= 15 is 0 Å². The lowest BCUT2D eigenvalue weighted by atomic mass is 10.0. The van der Waals surface area contributed by atoms with Crippen molar-refractivity contribution in [2.24, 2.45) is 0 Å². The van der Waals surface area contributed by atoms with Crippen LogP contribution in [0.1, 0.15) is 11.1 Å². The maximum Gasteiger partial charge on any atom is 0.230 e. The van der Waals surface area contributed by atoms with E-state index in [-0.39, 0.29) is 5.91 Å². The summed E-state index contributed by atoms with van der Waals surface area (Å²) in [5.74, 6) is 0.489. The van der Waals surface area contributed by atoms with Crippen molar-refractivity contribution in [1.82, 2.24) is 10.2 Å². The van der Waals surface area contributed by atoms with E-state index in [0.29, 0.717) is 12.2 Å². The quantitative estimate of drug-likeness (QED) is 0.564. The highest BCUT2D eigenvalue weighted by molar-refractivity contribution is 6.01. The molecular weight excluding hydrogens is 322 g/mol. The molecule has 0 saturated heterocycles. The van der Waals surface area contributed by atoms with Crippen molar-refractivity contribution in [2.75, 3.05) is 5.32 Å². The summed E-state index contributed by atoms with van der Waals surface area (Å²) in [5, 5.41) is 11.1. The van der Waals surface area contributed by atoms with Gasteiger partial charge in [-0.3, -0.25) is 9.89 Å². The van der Waals surface area contributed by atoms with E-state index in [4.69, 9.17) is 0 Å². The molecule has 26 heavy (non-hydrogen) atoms. The molecule has 1 aromatic heterocycles. The molecule has 0 fully saturated rings. The lowest BCUT2D eigenvalue weighted by Gasteiger charge is -2.04. The number of aromatic nitrogens is 2. The second-order valence-corrected chi connectivity index (χ2v) is 6.41. The molecule has 1 amide bonds. The molecule has 3 aromatic carbocycles. The minimum atomic E-state index is -0.0767. The summed E-state index contributed by atoms with van der Waals surface area (Å²) in [6, 6.07) is 24.2. The molecule has 0 aliphatic heterocycles. The third-order valence-corrected chi connectivity index (χ3v) is 4.41. The third-order valence-electron chi connectivity index (χ3n) is 4.41. The lowest BCUT2D eigenvalue weighted by molar-refractivity contribution is -0.115. The average molecular weight is 341 g/mol. The van der Waals surface area contributed by atoms with Crippen LogP contribution in [-0.2, 0) is 11.2 Å². The minimum absolute atomic E-state index is 0.0767. The highest BCUT2D eigenvalue weighted by Gasteiger charge is 2.11. The topological polar surface area (TPSA) is 57.8 Å². The molecule has 0 atom stereocenters. The fourth-order valence-corrected chi connectivity index (χ4v) is 3.00. The molecule has 1 heterocycles. The zero-order valence-corrected chi connectivity index (χ0v) is 14.5. The maximum absolute atomic E-state index is 12.3. The van der Waals surface area contributed by atoms with Crippen LogP contribution in [0.2, 0.25) is 0 Å². The summed E-state index contributed by atoms with van der Waals surface area (Å²) in [6.07, 6.45) is 0.330. The second kappa shape index (κ2) is 6.84. The summed E-state index contributed by atoms with van der Waals surface area (Å²) >= 11 is 0. The van der Waals surface area contributed by atoms with Gasteiger partial charge in [0.1, 0.15) is 0 Å². The SMILES string of the molecule is Cc1ccc(-c2ccc3c(NC(=O)Cc4ccccc4)n[nH]c3c2)cc1. The Morgan fingerprint density at radius 3 is 2.46 bits per heavy atom. The van der Waals surface area contributed by atoms with Gasteiger partial charge in [-0.1, -0.05) is 66.2 Å². The maximum atomic E-state index is 12.3. The Morgan fingerprint density at radius 2 is 1.69 bits per heavy atom. The summed E-state index contributed by atoms with van der Waals surface area (Å²) in [5.41, 5.74) is 5.38. The molecule has 2 N–H and O–H groups in total. The Hall–Kier alpha value is -3.40. The number of H-pyrrole nitrogens is 1. The number of aromatic amines is 1. The second-order valence-electron chi connectivity index (χ2n) is 6.41. The van der Waals surface area contributed by atoms with Gasteiger partial charge in [-0.15, -0.1) is 0 Å². The molecule has 4 heteroatoms. The standard InChI is InChI=1S/C22H19N3O/c1-15-7-9-17(10-8-15)18-11-12-19-20(14-18)24-25-22(19)23-21(26)13-16-5-3-2-4-6-16/h2-12,14H,13H2,1H3,(H2,23,24,25,26). The Bertz CT molecular complexity index is 1050. The van der Waals surface area contributed by atoms with Gasteiger partial charge in [0.25, 0.3) is 0 Å². The van der Waals surface area contributed by atoms with Gasteiger partial charge >= 0.3 is 0 Å². The van der Waals surface area contributed by atoms with Gasteiger partial charge < -0.3 is 5.32 Å². The van der Waals surface area contributed by atoms with E-state index in [1.165, 1.54) is 5.56 Å². The van der Waals surface area contributed by atoms with Crippen molar-refractivity contribution >= 4 is 22.6 Å². The monoisotopic (exact) mass is 341 g/mol. The van der Waals surface area contributed by atoms with Gasteiger partial charge in [0.15, 0.2) is 5.82 Å². The molecule has 4 rings (SSSR count). The number of carbonyl (C=O) groups excluding carboxylic acids is 1. The van der Waals surface area contributed by atoms with E-state index in [0.717, 1.165) is 27.6 Å². The van der Waals surface area contributed by atoms with Crippen LogP contribution in [0.4, 0.5) is 5.82 Å². The largest absolute Gasteiger partial charge is 0.308 e. The van der Waals surface area contributed by atoms with Crippen molar-refractivity contribution in [3.05, 3.63) is 83.9 Å². The van der Waals surface area contributed by atoms with Crippen molar-refractivity contribution in [3.8, 4) is 11.1 Å². The highest BCUT2D eigenvalue weighted by Crippen LogP contribution is 2.27. The predicted octanol–water partition coefficient (Wildman–Crippen LogP) is 4.72. The van der Waals surface area contributed by atoms with Gasteiger partial charge in [0.05, 0.1) is 11.9 Å². The smallest absolute Gasteiger partial charge is 0.230 e. The van der Waals surface area contributed by atoms with Crippen LogP contribution in [0.3, 0.4) is 0 Å². The van der Waals surface area contributed by atoms with Gasteiger partial charge in [-0.05, 0) is 35.7 Å². The van der Waals surface area contributed by atoms with Crippen molar-refractivity contribution < 1.29 is 4.79 Å². The molecular formula is C22H19N3O. The zero-order chi connectivity index (χ0) is 17.9. The summed E-state index contributed by atoms with van der Waals surface area (Å²) in [7, 11) is 0. The van der Waals surface area contributed by atoms with Crippen LogP contribution in [0.25, 0.3) is 22.0 Å². The number of hydrogen-bond acceptors (Lipinski definition) is 2. The molecule has 0 aliphatic rings. The normalized spacial score (nSPS) is 10.8. The molecule has 0 radical (unpaired) electrons. The van der Waals surface area contributed by atoms with E-state index in [1.54, 1.807) is 0 Å². The first-order valence-electron chi connectivity index (χ1n) is 8.58. The van der Waals surface area contributed by atoms with Gasteiger partial charge in [-0.25, -0.2) is 0 Å². The number of rotatable bonds is 4. The van der Waals surface area contributed by atoms with E-state index in [1.807, 2.05) is 36.4 Å². The fourth-order valence-electron chi connectivity index (χ4n) is 3.00. The van der Waals surface area contributed by atoms with Crippen molar-refractivity contribution in [3.63, 3.8) is 0 Å². The highest BCUT2D eigenvalue weighted by atomic mass is 16.1. The van der Waals surface area contributed by atoms with Gasteiger partial charge in [-0.2, -0.15) is 5.10 Å². The Labute approximate surface area is 151 Å². The fraction of sp³-hybridized carbons (Fsp3) is 0.0909. The van der Waals surface area contributed by atoms with E-state index < -0.39 is 0 Å². The molecule has 0 aliphatic carbocycles. The number of anilines is 1. The van der Waals surface area contributed by atoms with E-state index in [2.05, 4.69) is 58.8 Å². The number of nitrogens with one attached hydrogen (secondary N) is 2. The molecule has 0 unspecified atom stereocenters. The van der Waals surface area contributed by atoms with Crippen LogP contribution in [-0.4, -0.2) is 16.1 Å². The number of fused-ring (bicyclic) bond motifs is 1. The van der Waals surface area contributed by atoms with Gasteiger partial charge in [0.2, 0.25) is 5.91 Å². The molecule has 0 spiro atoms. The van der Waals surface area contributed by atoms with Crippen LogP contribution < -0.4 is 5.32 Å². The number of amides is 1. The van der Waals surface area contributed by atoms with Gasteiger partial charge in [0, 0.05) is 5.39 Å². The number of aryl methyl sites for hydroxylation is 1. The van der Waals surface area contributed by atoms with E-state index in [9.17, 15) is 4.79 Å². The van der Waals surface area contributed by atoms with Crippen LogP contribution >= 0.6 is 0 Å². The molecule has 0 saturated carbocycles. The van der Waals surface area contributed by atoms with Crippen LogP contribution in [0, 0.1) is 6.92 Å². The molecule has 4 nitrogen and oxygen atoms in total. The first kappa shape index (κ1) is 16.1. The Balaban J connectivity index is 1.55. The molecule has 128 valence electrons. The van der Waals surface area contributed by atoms with Crippen LogP contribution in [0.5, 0.6) is 0 Å². The average Bonchev–Trinajstić information content (AvgIpc) is 3.05. The summed E-state index contributed by atoms with van der Waals surface area (Å²) in [4.78, 5) is 12.3. The minimum Gasteiger partial charge on any atom is -0.308 e. The number of hydrogen-bond donors (Lipinski definition) is 2. The lowest BCUT2D eigenvalue weighted by Crippen LogP contribution is -2.14. The molecule has 0 bridgehead atoms. The zero-order valence-electron chi connectivity index (χ0n) is 14.5. The first-order valence-corrected chi connectivity index (χ1v) is 8.58. The van der Waals surface area contributed by atoms with Crippen molar-refractivity contribution in [1.29, 1.82) is 0 Å². The summed E-state index contributed by atoms with van der Waals surface area (Å²) < 4.78 is 0. The first-order chi connectivity index (χ1) is 12.7. The Kier molecular flexibility index (Phi) is 4.23. The molecule has 4 aromatic rings. The number of nitrogens with zero attached hydrogens (tertiary/aromatic N) is 1. The number of benzene rings is 3. The third kappa shape index (κ3) is 3.35. The van der Waals surface area contributed by atoms with Crippen molar-refractivity contribution in [2.45, 2.75) is 13.3 Å².